The summed E-state index contributed by atoms with van der Waals surface area (Å²) in [7, 11) is 1.51. The van der Waals surface area contributed by atoms with Crippen LogP contribution in [0.25, 0.3) is 11.1 Å². The van der Waals surface area contributed by atoms with Gasteiger partial charge in [0.1, 0.15) is 0 Å². The molecule has 3 nitrogen and oxygen atoms in total. The molecule has 0 radical (unpaired) electrons. The van der Waals surface area contributed by atoms with Crippen molar-refractivity contribution in [2.75, 3.05) is 7.11 Å². The van der Waals surface area contributed by atoms with E-state index in [0.29, 0.717) is 11.3 Å². The first kappa shape index (κ1) is 12.2. The van der Waals surface area contributed by atoms with Gasteiger partial charge in [-0.2, -0.15) is 0 Å². The van der Waals surface area contributed by atoms with Gasteiger partial charge in [0.2, 0.25) is 0 Å². The molecule has 0 atom stereocenters. The number of Topliss-reactive ketones (excluding diaryl/α,β-unsaturated/α-hetero) is 1. The van der Waals surface area contributed by atoms with Crippen molar-refractivity contribution in [3.63, 3.8) is 0 Å². The lowest BCUT2D eigenvalue weighted by Gasteiger charge is -2.07. The topological polar surface area (TPSA) is 46.5 Å². The van der Waals surface area contributed by atoms with Crippen molar-refractivity contribution < 1.29 is 14.6 Å². The number of phenolic OH excluding ortho intramolecular Hbond substituents is 1. The highest BCUT2D eigenvalue weighted by molar-refractivity contribution is 5.94. The summed E-state index contributed by atoms with van der Waals surface area (Å²) < 4.78 is 4.99. The molecule has 2 aromatic rings. The molecule has 0 saturated carbocycles. The predicted molar refractivity (Wildman–Crippen MR) is 70.1 cm³/mol. The highest BCUT2D eigenvalue weighted by atomic mass is 16.5. The molecule has 0 saturated heterocycles. The maximum absolute atomic E-state index is 11.2. The number of benzene rings is 2. The van der Waals surface area contributed by atoms with Gasteiger partial charge in [-0.3, -0.25) is 4.79 Å². The van der Waals surface area contributed by atoms with E-state index in [1.807, 2.05) is 18.2 Å². The molecule has 1 N–H and O–H groups in total. The standard InChI is InChI=1S/C15H14O3/c1-10(16)11-3-5-12(6-4-11)13-7-8-15(18-2)14(17)9-13/h3-9,17H,1-2H3. The Bertz CT molecular complexity index is 571. The Labute approximate surface area is 106 Å². The molecule has 0 aromatic heterocycles. The summed E-state index contributed by atoms with van der Waals surface area (Å²) in [6.45, 7) is 1.54. The summed E-state index contributed by atoms with van der Waals surface area (Å²) in [6, 6.07) is 12.5. The normalized spacial score (nSPS) is 10.1. The molecule has 0 spiro atoms. The van der Waals surface area contributed by atoms with Crippen LogP contribution in [0.4, 0.5) is 0 Å². The minimum Gasteiger partial charge on any atom is -0.504 e. The number of carbonyl (C=O) groups is 1. The smallest absolute Gasteiger partial charge is 0.160 e. The molecule has 0 bridgehead atoms. The predicted octanol–water partition coefficient (Wildman–Crippen LogP) is 3.27. The molecular formula is C15H14O3. The van der Waals surface area contributed by atoms with Crippen molar-refractivity contribution in [1.82, 2.24) is 0 Å². The SMILES string of the molecule is COc1ccc(-c2ccc(C(C)=O)cc2)cc1O. The molecule has 0 aliphatic rings. The van der Waals surface area contributed by atoms with Gasteiger partial charge in [-0.15, -0.1) is 0 Å². The van der Waals surface area contributed by atoms with Crippen LogP contribution in [0.1, 0.15) is 17.3 Å². The van der Waals surface area contributed by atoms with Gasteiger partial charge in [0.25, 0.3) is 0 Å². The fraction of sp³-hybridized carbons (Fsp3) is 0.133. The van der Waals surface area contributed by atoms with Gasteiger partial charge in [-0.1, -0.05) is 30.3 Å². The van der Waals surface area contributed by atoms with E-state index in [1.54, 1.807) is 24.3 Å². The molecule has 3 heteroatoms. The van der Waals surface area contributed by atoms with E-state index in [9.17, 15) is 9.90 Å². The Morgan fingerprint density at radius 2 is 1.67 bits per heavy atom. The summed E-state index contributed by atoms with van der Waals surface area (Å²) >= 11 is 0. The molecule has 0 unspecified atom stereocenters. The third-order valence-corrected chi connectivity index (χ3v) is 2.80. The molecule has 0 heterocycles. The Balaban J connectivity index is 2.36. The third kappa shape index (κ3) is 2.35. The van der Waals surface area contributed by atoms with Crippen molar-refractivity contribution in [3.05, 3.63) is 48.0 Å². The van der Waals surface area contributed by atoms with Crippen LogP contribution in [0.2, 0.25) is 0 Å². The molecule has 0 aliphatic carbocycles. The largest absolute Gasteiger partial charge is 0.504 e. The lowest BCUT2D eigenvalue weighted by Crippen LogP contribution is -1.91. The number of hydrogen-bond acceptors (Lipinski definition) is 3. The zero-order valence-corrected chi connectivity index (χ0v) is 10.3. The Kier molecular flexibility index (Phi) is 3.33. The van der Waals surface area contributed by atoms with Crippen molar-refractivity contribution in [1.29, 1.82) is 0 Å². The number of phenols is 1. The molecule has 92 valence electrons. The summed E-state index contributed by atoms with van der Waals surface area (Å²) in [5.41, 5.74) is 2.50. The first-order chi connectivity index (χ1) is 8.61. The highest BCUT2D eigenvalue weighted by Gasteiger charge is 2.05. The van der Waals surface area contributed by atoms with Crippen LogP contribution >= 0.6 is 0 Å². The number of ketones is 1. The van der Waals surface area contributed by atoms with Crippen LogP contribution in [0.5, 0.6) is 11.5 Å². The number of aromatic hydroxyl groups is 1. The van der Waals surface area contributed by atoms with Crippen molar-refractivity contribution in [2.24, 2.45) is 0 Å². The van der Waals surface area contributed by atoms with E-state index < -0.39 is 0 Å². The molecule has 2 aromatic carbocycles. The molecule has 2 rings (SSSR count). The van der Waals surface area contributed by atoms with Gasteiger partial charge >= 0.3 is 0 Å². The molecule has 0 amide bonds. The summed E-state index contributed by atoms with van der Waals surface area (Å²) in [5.74, 6) is 0.587. The van der Waals surface area contributed by atoms with E-state index >= 15 is 0 Å². The van der Waals surface area contributed by atoms with Gasteiger partial charge in [0.15, 0.2) is 17.3 Å². The molecule has 18 heavy (non-hydrogen) atoms. The number of methoxy groups -OCH3 is 1. The summed E-state index contributed by atoms with van der Waals surface area (Å²) in [5, 5.41) is 9.72. The third-order valence-electron chi connectivity index (χ3n) is 2.80. The van der Waals surface area contributed by atoms with Gasteiger partial charge in [0, 0.05) is 5.56 Å². The van der Waals surface area contributed by atoms with Crippen LogP contribution in [0, 0.1) is 0 Å². The minimum atomic E-state index is 0.0409. The average molecular weight is 242 g/mol. The number of rotatable bonds is 3. The monoisotopic (exact) mass is 242 g/mol. The van der Waals surface area contributed by atoms with Crippen LogP contribution < -0.4 is 4.74 Å². The average Bonchev–Trinajstić information content (AvgIpc) is 2.38. The van der Waals surface area contributed by atoms with Gasteiger partial charge < -0.3 is 9.84 Å². The van der Waals surface area contributed by atoms with E-state index in [-0.39, 0.29) is 11.5 Å². The Hall–Kier alpha value is -2.29. The molecule has 0 fully saturated rings. The van der Waals surface area contributed by atoms with E-state index in [1.165, 1.54) is 14.0 Å². The Morgan fingerprint density at radius 3 is 2.17 bits per heavy atom. The minimum absolute atomic E-state index is 0.0409. The quantitative estimate of drug-likeness (QED) is 0.840. The van der Waals surface area contributed by atoms with Crippen LogP contribution in [-0.2, 0) is 0 Å². The molecule has 0 aliphatic heterocycles. The maximum atomic E-state index is 11.2. The zero-order valence-electron chi connectivity index (χ0n) is 10.3. The van der Waals surface area contributed by atoms with E-state index in [0.717, 1.165) is 11.1 Å². The maximum Gasteiger partial charge on any atom is 0.160 e. The van der Waals surface area contributed by atoms with Crippen molar-refractivity contribution in [3.8, 4) is 22.6 Å². The van der Waals surface area contributed by atoms with Gasteiger partial charge in [-0.05, 0) is 30.2 Å². The number of carbonyl (C=O) groups excluding carboxylic acids is 1. The van der Waals surface area contributed by atoms with E-state index in [4.69, 9.17) is 4.74 Å². The zero-order chi connectivity index (χ0) is 13.1. The van der Waals surface area contributed by atoms with Crippen LogP contribution in [0.15, 0.2) is 42.5 Å². The first-order valence-electron chi connectivity index (χ1n) is 5.60. The second-order valence-corrected chi connectivity index (χ2v) is 4.02. The lowest BCUT2D eigenvalue weighted by atomic mass is 10.0. The van der Waals surface area contributed by atoms with Crippen LogP contribution in [-0.4, -0.2) is 18.0 Å². The summed E-state index contributed by atoms with van der Waals surface area (Å²) in [6.07, 6.45) is 0. The highest BCUT2D eigenvalue weighted by Crippen LogP contribution is 2.31. The number of hydrogen-bond donors (Lipinski definition) is 1. The van der Waals surface area contributed by atoms with Gasteiger partial charge in [0.05, 0.1) is 7.11 Å². The molecular weight excluding hydrogens is 228 g/mol. The first-order valence-corrected chi connectivity index (χ1v) is 5.60. The fourth-order valence-electron chi connectivity index (χ4n) is 1.77. The second-order valence-electron chi connectivity index (χ2n) is 4.02. The lowest BCUT2D eigenvalue weighted by molar-refractivity contribution is 0.101. The fourth-order valence-corrected chi connectivity index (χ4v) is 1.77. The van der Waals surface area contributed by atoms with Crippen LogP contribution in [0.3, 0.4) is 0 Å². The second kappa shape index (κ2) is 4.92. The summed E-state index contributed by atoms with van der Waals surface area (Å²) in [4.78, 5) is 11.2. The van der Waals surface area contributed by atoms with Crippen molar-refractivity contribution >= 4 is 5.78 Å². The van der Waals surface area contributed by atoms with Crippen molar-refractivity contribution in [2.45, 2.75) is 6.92 Å². The Morgan fingerprint density at radius 1 is 1.06 bits per heavy atom. The number of ether oxygens (including phenoxy) is 1. The van der Waals surface area contributed by atoms with E-state index in [2.05, 4.69) is 0 Å². The van der Waals surface area contributed by atoms with Gasteiger partial charge in [-0.25, -0.2) is 0 Å².